The summed E-state index contributed by atoms with van der Waals surface area (Å²) >= 11 is 3.57. The van der Waals surface area contributed by atoms with Crippen LogP contribution in [-0.2, 0) is 28.0 Å². The lowest BCUT2D eigenvalue weighted by Crippen LogP contribution is -2.12. The highest BCUT2D eigenvalue weighted by Crippen LogP contribution is 2.63. The molecule has 0 fully saturated rings. The van der Waals surface area contributed by atoms with Gasteiger partial charge in [0.2, 0.25) is 0 Å². The molecule has 0 radical (unpaired) electrons. The summed E-state index contributed by atoms with van der Waals surface area (Å²) in [4.78, 5) is 0. The van der Waals surface area contributed by atoms with Gasteiger partial charge in [-0.15, -0.1) is 0 Å². The molecule has 0 N–H and O–H groups in total. The Labute approximate surface area is 134 Å². The lowest BCUT2D eigenvalue weighted by atomic mass is 10.7. The van der Waals surface area contributed by atoms with Crippen molar-refractivity contribution in [3.05, 3.63) is 0 Å². The summed E-state index contributed by atoms with van der Waals surface area (Å²) in [5, 5.41) is 0. The van der Waals surface area contributed by atoms with Gasteiger partial charge in [0.25, 0.3) is 0 Å². The lowest BCUT2D eigenvalue weighted by Gasteiger charge is -2.07. The van der Waals surface area contributed by atoms with Gasteiger partial charge in [0.1, 0.15) is 0 Å². The molecule has 0 aliphatic rings. The third-order valence-corrected chi connectivity index (χ3v) is 3.80. The summed E-state index contributed by atoms with van der Waals surface area (Å²) in [5.41, 5.74) is 0. The monoisotopic (exact) mass is 508 g/mol. The van der Waals surface area contributed by atoms with E-state index in [1.165, 1.54) is 0 Å². The van der Waals surface area contributed by atoms with Crippen LogP contribution >= 0.6 is 46.7 Å². The topological polar surface area (TPSA) is 63.2 Å². The number of hydrogen-bond acceptors (Lipinski definition) is 6. The standard InChI is InChI=1S/C9H19I2O6P/c1-13-2-3-14-4-5-15-6-7-16-8-9-17-18(10,11)12/h2-9H2,1H3. The minimum Gasteiger partial charge on any atom is -0.382 e. The van der Waals surface area contributed by atoms with Gasteiger partial charge in [-0.3, -0.25) is 4.57 Å². The van der Waals surface area contributed by atoms with Crippen LogP contribution in [0.3, 0.4) is 0 Å². The first kappa shape index (κ1) is 19.5. The van der Waals surface area contributed by atoms with E-state index in [1.54, 1.807) is 51.2 Å². The Balaban J connectivity index is 3.01. The molecule has 18 heavy (non-hydrogen) atoms. The van der Waals surface area contributed by atoms with Crippen LogP contribution < -0.4 is 0 Å². The van der Waals surface area contributed by atoms with Crippen LogP contribution in [0.5, 0.6) is 0 Å². The van der Waals surface area contributed by atoms with Crippen LogP contribution in [0.4, 0.5) is 0 Å². The molecule has 0 unspecified atom stereocenters. The Morgan fingerprint density at radius 1 is 0.778 bits per heavy atom. The van der Waals surface area contributed by atoms with Crippen LogP contribution in [0.25, 0.3) is 0 Å². The fourth-order valence-electron chi connectivity index (χ4n) is 0.887. The third kappa shape index (κ3) is 17.5. The van der Waals surface area contributed by atoms with Crippen molar-refractivity contribution in [3.63, 3.8) is 0 Å². The highest BCUT2D eigenvalue weighted by molar-refractivity contribution is 14.3. The summed E-state index contributed by atoms with van der Waals surface area (Å²) in [6.07, 6.45) is 0. The van der Waals surface area contributed by atoms with E-state index in [-0.39, 0.29) is 0 Å². The lowest BCUT2D eigenvalue weighted by molar-refractivity contribution is 0.000556. The van der Waals surface area contributed by atoms with E-state index in [9.17, 15) is 4.57 Å². The Morgan fingerprint density at radius 3 is 1.56 bits per heavy atom. The second-order valence-corrected chi connectivity index (χ2v) is 17.3. The first-order valence-electron chi connectivity index (χ1n) is 5.42. The first-order valence-corrected chi connectivity index (χ1v) is 12.6. The second kappa shape index (κ2) is 13.5. The zero-order chi connectivity index (χ0) is 13.7. The van der Waals surface area contributed by atoms with Crippen LogP contribution in [0.2, 0.25) is 0 Å². The minimum atomic E-state index is -2.44. The van der Waals surface area contributed by atoms with Crippen molar-refractivity contribution in [3.8, 4) is 0 Å². The fraction of sp³-hybridized carbons (Fsp3) is 1.00. The normalized spacial score (nSPS) is 11.9. The largest absolute Gasteiger partial charge is 0.382 e. The molecule has 0 atom stereocenters. The summed E-state index contributed by atoms with van der Waals surface area (Å²) < 4.78 is 34.3. The van der Waals surface area contributed by atoms with Gasteiger partial charge in [-0.1, -0.05) is 0 Å². The van der Waals surface area contributed by atoms with E-state index in [4.69, 9.17) is 23.5 Å². The van der Waals surface area contributed by atoms with Gasteiger partial charge in [0, 0.05) is 51.2 Å². The van der Waals surface area contributed by atoms with Crippen LogP contribution in [0.15, 0.2) is 0 Å². The van der Waals surface area contributed by atoms with Crippen molar-refractivity contribution in [1.82, 2.24) is 0 Å². The van der Waals surface area contributed by atoms with Crippen LogP contribution in [0, 0.1) is 0 Å². The van der Waals surface area contributed by atoms with E-state index >= 15 is 0 Å². The maximum absolute atomic E-state index is 11.1. The average molecular weight is 508 g/mol. The Morgan fingerprint density at radius 2 is 1.17 bits per heavy atom. The Bertz CT molecular complexity index is 225. The summed E-state index contributed by atoms with van der Waals surface area (Å²) in [7, 11) is 1.63. The molecule has 0 bridgehead atoms. The molecule has 9 heteroatoms. The molecule has 110 valence electrons. The zero-order valence-electron chi connectivity index (χ0n) is 10.3. The summed E-state index contributed by atoms with van der Waals surface area (Å²) in [5.74, 6) is 0. The Kier molecular flexibility index (Phi) is 14.6. The number of halogens is 2. The second-order valence-electron chi connectivity index (χ2n) is 3.08. The summed E-state index contributed by atoms with van der Waals surface area (Å²) in [6.45, 7) is 4.04. The molecule has 6 nitrogen and oxygen atoms in total. The van der Waals surface area contributed by atoms with Crippen molar-refractivity contribution < 1.29 is 28.0 Å². The van der Waals surface area contributed by atoms with E-state index in [0.717, 1.165) is 0 Å². The van der Waals surface area contributed by atoms with Gasteiger partial charge in [0.05, 0.1) is 52.9 Å². The van der Waals surface area contributed by atoms with Gasteiger partial charge in [0.15, 0.2) is 0 Å². The molecule has 0 amide bonds. The third-order valence-electron chi connectivity index (χ3n) is 1.65. The maximum atomic E-state index is 11.1. The van der Waals surface area contributed by atoms with Crippen molar-refractivity contribution in [2.24, 2.45) is 0 Å². The number of rotatable bonds is 13. The fourth-order valence-corrected chi connectivity index (χ4v) is 2.36. The molecular weight excluding hydrogens is 489 g/mol. The van der Waals surface area contributed by atoms with Gasteiger partial charge in [-0.2, -0.15) is 0 Å². The molecule has 0 saturated carbocycles. The van der Waals surface area contributed by atoms with E-state index in [2.05, 4.69) is 0 Å². The van der Waals surface area contributed by atoms with Crippen molar-refractivity contribution in [1.29, 1.82) is 0 Å². The molecule has 0 aromatic heterocycles. The van der Waals surface area contributed by atoms with Gasteiger partial charge >= 0.3 is 2.65 Å². The van der Waals surface area contributed by atoms with Crippen molar-refractivity contribution in [2.75, 3.05) is 60.0 Å². The summed E-state index contributed by atoms with van der Waals surface area (Å²) in [6, 6.07) is 0. The van der Waals surface area contributed by atoms with Crippen LogP contribution in [0.1, 0.15) is 0 Å². The predicted octanol–water partition coefficient (Wildman–Crippen LogP) is 2.68. The number of methoxy groups -OCH3 is 1. The number of ether oxygens (including phenoxy) is 4. The van der Waals surface area contributed by atoms with Crippen molar-refractivity contribution in [2.45, 2.75) is 0 Å². The smallest absolute Gasteiger partial charge is 0.315 e. The molecule has 0 rings (SSSR count). The molecule has 0 aromatic carbocycles. The molecule has 0 spiro atoms. The highest BCUT2D eigenvalue weighted by Gasteiger charge is 2.10. The quantitative estimate of drug-likeness (QED) is 0.217. The molecule has 0 aliphatic carbocycles. The van der Waals surface area contributed by atoms with Crippen molar-refractivity contribution >= 4 is 46.7 Å². The average Bonchev–Trinajstić information content (AvgIpc) is 2.29. The molecule has 0 saturated heterocycles. The molecule has 0 aliphatic heterocycles. The molecule has 0 aromatic rings. The predicted molar refractivity (Wildman–Crippen MR) is 85.9 cm³/mol. The maximum Gasteiger partial charge on any atom is 0.315 e. The van der Waals surface area contributed by atoms with Crippen LogP contribution in [-0.4, -0.2) is 60.0 Å². The van der Waals surface area contributed by atoms with Gasteiger partial charge in [-0.05, 0) is 0 Å². The van der Waals surface area contributed by atoms with E-state index < -0.39 is 2.65 Å². The zero-order valence-corrected chi connectivity index (χ0v) is 15.5. The van der Waals surface area contributed by atoms with E-state index in [1.807, 2.05) is 0 Å². The van der Waals surface area contributed by atoms with Gasteiger partial charge < -0.3 is 23.5 Å². The minimum absolute atomic E-state index is 0.337. The molecular formula is C9H19I2O6P. The van der Waals surface area contributed by atoms with Gasteiger partial charge in [-0.25, -0.2) is 0 Å². The SMILES string of the molecule is COCCOCCOCCOCCOP(=O)(I)I. The Hall–Kier alpha value is 1.49. The number of hydrogen-bond donors (Lipinski definition) is 0. The first-order chi connectivity index (χ1) is 8.56. The highest BCUT2D eigenvalue weighted by atomic mass is 127. The van der Waals surface area contributed by atoms with E-state index in [0.29, 0.717) is 52.9 Å². The molecule has 0 heterocycles.